The van der Waals surface area contributed by atoms with Crippen LogP contribution in [0.2, 0.25) is 0 Å². The third-order valence-electron chi connectivity index (χ3n) is 5.30. The Morgan fingerprint density at radius 2 is 2.05 bits per heavy atom. The van der Waals surface area contributed by atoms with E-state index in [1.165, 1.54) is 37.8 Å². The van der Waals surface area contributed by atoms with Crippen LogP contribution >= 0.6 is 15.9 Å². The molecule has 3 unspecified atom stereocenters. The number of aliphatic hydroxyl groups is 1. The summed E-state index contributed by atoms with van der Waals surface area (Å²) in [5.74, 6) is 0.471. The van der Waals surface area contributed by atoms with Crippen LogP contribution in [0.15, 0.2) is 4.47 Å². The number of aliphatic hydroxyl groups excluding tert-OH is 1. The number of hydrogen-bond acceptors (Lipinski definition) is 3. The van der Waals surface area contributed by atoms with Gasteiger partial charge in [0.25, 0.3) is 0 Å². The maximum atomic E-state index is 10.3. The first-order chi connectivity index (χ1) is 10.1. The first kappa shape index (κ1) is 15.5. The van der Waals surface area contributed by atoms with Gasteiger partial charge in [-0.1, -0.05) is 12.8 Å². The van der Waals surface area contributed by atoms with Crippen molar-refractivity contribution in [3.63, 3.8) is 0 Å². The number of nitrogens with zero attached hydrogens (tertiary/aromatic N) is 3. The number of piperidine rings is 1. The Morgan fingerprint density at radius 1 is 1.24 bits per heavy atom. The van der Waals surface area contributed by atoms with Crippen LogP contribution in [0.1, 0.15) is 49.9 Å². The van der Waals surface area contributed by atoms with Gasteiger partial charge in [0.2, 0.25) is 0 Å². The number of rotatable bonds is 3. The minimum absolute atomic E-state index is 0.0904. The molecule has 0 spiro atoms. The van der Waals surface area contributed by atoms with Gasteiger partial charge in [-0.3, -0.25) is 9.58 Å². The van der Waals surface area contributed by atoms with Gasteiger partial charge in [-0.15, -0.1) is 0 Å². The third kappa shape index (κ3) is 3.06. The van der Waals surface area contributed by atoms with Crippen molar-refractivity contribution in [2.24, 2.45) is 13.0 Å². The molecule has 0 radical (unpaired) electrons. The lowest BCUT2D eigenvalue weighted by molar-refractivity contribution is 0.0300. The smallest absolute Gasteiger partial charge is 0.0739 e. The molecule has 21 heavy (non-hydrogen) atoms. The highest BCUT2D eigenvalue weighted by atomic mass is 79.9. The maximum Gasteiger partial charge on any atom is 0.0739 e. The van der Waals surface area contributed by atoms with Crippen LogP contribution in [0.4, 0.5) is 0 Å². The van der Waals surface area contributed by atoms with Crippen LogP contribution in [0.5, 0.6) is 0 Å². The SMILES string of the molecule is Cc1nn(C)c(CN2CCCCC2C2CCCC2O)c1Br. The normalized spacial score (nSPS) is 31.0. The molecule has 0 aromatic carbocycles. The molecule has 118 valence electrons. The van der Waals surface area contributed by atoms with E-state index >= 15 is 0 Å². The average molecular weight is 356 g/mol. The summed E-state index contributed by atoms with van der Waals surface area (Å²) in [4.78, 5) is 2.59. The molecule has 1 aromatic rings. The third-order valence-corrected chi connectivity index (χ3v) is 6.34. The summed E-state index contributed by atoms with van der Waals surface area (Å²) >= 11 is 3.68. The summed E-state index contributed by atoms with van der Waals surface area (Å²) in [5.41, 5.74) is 2.31. The molecule has 1 saturated heterocycles. The van der Waals surface area contributed by atoms with E-state index in [0.717, 1.165) is 29.7 Å². The van der Waals surface area contributed by atoms with Gasteiger partial charge in [0.15, 0.2) is 0 Å². The van der Waals surface area contributed by atoms with Gasteiger partial charge in [-0.05, 0) is 55.1 Å². The minimum Gasteiger partial charge on any atom is -0.393 e. The van der Waals surface area contributed by atoms with Crippen molar-refractivity contribution >= 4 is 15.9 Å². The number of hydrogen-bond donors (Lipinski definition) is 1. The lowest BCUT2D eigenvalue weighted by atomic mass is 9.87. The Balaban J connectivity index is 1.78. The van der Waals surface area contributed by atoms with Gasteiger partial charge in [0.1, 0.15) is 0 Å². The second-order valence-corrected chi connectivity index (χ2v) is 7.46. The van der Waals surface area contributed by atoms with Crippen molar-refractivity contribution in [1.82, 2.24) is 14.7 Å². The number of likely N-dealkylation sites (tertiary alicyclic amines) is 1. The van der Waals surface area contributed by atoms with E-state index < -0.39 is 0 Å². The largest absolute Gasteiger partial charge is 0.393 e. The second kappa shape index (κ2) is 6.39. The van der Waals surface area contributed by atoms with Gasteiger partial charge >= 0.3 is 0 Å². The molecule has 0 bridgehead atoms. The van der Waals surface area contributed by atoms with E-state index in [0.29, 0.717) is 12.0 Å². The van der Waals surface area contributed by atoms with E-state index in [2.05, 4.69) is 25.9 Å². The number of aryl methyl sites for hydroxylation is 2. The summed E-state index contributed by atoms with van der Waals surface area (Å²) in [6, 6.07) is 0.540. The molecule has 2 fully saturated rings. The zero-order valence-electron chi connectivity index (χ0n) is 13.1. The zero-order chi connectivity index (χ0) is 15.0. The van der Waals surface area contributed by atoms with Crippen molar-refractivity contribution in [2.45, 2.75) is 64.1 Å². The summed E-state index contributed by atoms with van der Waals surface area (Å²) in [6.07, 6.45) is 7.08. The Labute approximate surface area is 135 Å². The molecule has 1 saturated carbocycles. The Kier molecular flexibility index (Phi) is 4.71. The lowest BCUT2D eigenvalue weighted by Gasteiger charge is -2.40. The molecular formula is C16H26BrN3O. The Bertz CT molecular complexity index is 502. The van der Waals surface area contributed by atoms with Crippen LogP contribution in [0.25, 0.3) is 0 Å². The fraction of sp³-hybridized carbons (Fsp3) is 0.812. The average Bonchev–Trinajstić information content (AvgIpc) is 2.99. The van der Waals surface area contributed by atoms with E-state index in [1.54, 1.807) is 0 Å². The van der Waals surface area contributed by atoms with Gasteiger partial charge in [0.05, 0.1) is 22.0 Å². The fourth-order valence-electron chi connectivity index (χ4n) is 4.16. The topological polar surface area (TPSA) is 41.3 Å². The molecule has 1 aliphatic heterocycles. The molecule has 2 heterocycles. The lowest BCUT2D eigenvalue weighted by Crippen LogP contribution is -2.46. The van der Waals surface area contributed by atoms with Crippen molar-refractivity contribution in [3.8, 4) is 0 Å². The highest BCUT2D eigenvalue weighted by Gasteiger charge is 2.37. The minimum atomic E-state index is -0.0904. The summed E-state index contributed by atoms with van der Waals surface area (Å²) in [7, 11) is 2.02. The zero-order valence-corrected chi connectivity index (χ0v) is 14.6. The number of halogens is 1. The quantitative estimate of drug-likeness (QED) is 0.905. The molecule has 2 aliphatic rings. The maximum absolute atomic E-state index is 10.3. The van der Waals surface area contributed by atoms with Crippen LogP contribution < -0.4 is 0 Å². The van der Waals surface area contributed by atoms with Crippen LogP contribution in [-0.4, -0.2) is 38.5 Å². The van der Waals surface area contributed by atoms with Crippen LogP contribution in [0.3, 0.4) is 0 Å². The molecule has 3 atom stereocenters. The van der Waals surface area contributed by atoms with Crippen molar-refractivity contribution in [2.75, 3.05) is 6.54 Å². The standard InChI is InChI=1S/C16H26BrN3O/c1-11-16(17)14(19(2)18-11)10-20-9-4-3-7-13(20)12-6-5-8-15(12)21/h12-13,15,21H,3-10H2,1-2H3. The van der Waals surface area contributed by atoms with Gasteiger partial charge in [-0.25, -0.2) is 0 Å². The molecule has 1 aromatic heterocycles. The summed E-state index contributed by atoms with van der Waals surface area (Å²) in [5, 5.41) is 14.8. The molecule has 3 rings (SSSR count). The van der Waals surface area contributed by atoms with Crippen molar-refractivity contribution < 1.29 is 5.11 Å². The van der Waals surface area contributed by atoms with Gasteiger partial charge in [0, 0.05) is 25.6 Å². The van der Waals surface area contributed by atoms with Crippen molar-refractivity contribution in [3.05, 3.63) is 15.9 Å². The monoisotopic (exact) mass is 355 g/mol. The highest BCUT2D eigenvalue weighted by molar-refractivity contribution is 9.10. The predicted molar refractivity (Wildman–Crippen MR) is 87.0 cm³/mol. The molecule has 1 aliphatic carbocycles. The fourth-order valence-corrected chi connectivity index (χ4v) is 4.62. The summed E-state index contributed by atoms with van der Waals surface area (Å²) < 4.78 is 3.14. The predicted octanol–water partition coefficient (Wildman–Crippen LogP) is 3.01. The first-order valence-corrected chi connectivity index (χ1v) is 8.97. The second-order valence-electron chi connectivity index (χ2n) is 6.67. The molecule has 1 N–H and O–H groups in total. The highest BCUT2D eigenvalue weighted by Crippen LogP contribution is 2.36. The molecule has 4 nitrogen and oxygen atoms in total. The van der Waals surface area contributed by atoms with E-state index in [4.69, 9.17) is 0 Å². The van der Waals surface area contributed by atoms with E-state index in [-0.39, 0.29) is 6.10 Å². The van der Waals surface area contributed by atoms with Crippen molar-refractivity contribution in [1.29, 1.82) is 0 Å². The van der Waals surface area contributed by atoms with Crippen LogP contribution in [-0.2, 0) is 13.6 Å². The van der Waals surface area contributed by atoms with E-state index in [1.807, 2.05) is 18.7 Å². The van der Waals surface area contributed by atoms with Gasteiger partial charge in [-0.2, -0.15) is 5.10 Å². The molecule has 0 amide bonds. The van der Waals surface area contributed by atoms with Crippen LogP contribution in [0, 0.1) is 12.8 Å². The first-order valence-electron chi connectivity index (χ1n) is 8.18. The Morgan fingerprint density at radius 3 is 2.67 bits per heavy atom. The van der Waals surface area contributed by atoms with Gasteiger partial charge < -0.3 is 5.11 Å². The molecule has 5 heteroatoms. The Hall–Kier alpha value is -0.390. The number of aromatic nitrogens is 2. The van der Waals surface area contributed by atoms with E-state index in [9.17, 15) is 5.11 Å². The summed E-state index contributed by atoms with van der Waals surface area (Å²) in [6.45, 7) is 4.12. The molecular weight excluding hydrogens is 330 g/mol.